The molecule has 2 N–H and O–H groups in total. The highest BCUT2D eigenvalue weighted by molar-refractivity contribution is 5.85. The van der Waals surface area contributed by atoms with Crippen LogP contribution in [-0.2, 0) is 18.3 Å². The molecular weight excluding hydrogens is 264 g/mol. The zero-order chi connectivity index (χ0) is 12.8. The van der Waals surface area contributed by atoms with Crippen molar-refractivity contribution in [2.45, 2.75) is 25.7 Å². The zero-order valence-corrected chi connectivity index (χ0v) is 12.2. The van der Waals surface area contributed by atoms with Crippen molar-refractivity contribution < 1.29 is 4.79 Å². The van der Waals surface area contributed by atoms with Crippen molar-refractivity contribution in [3.8, 4) is 0 Å². The number of carbonyl (C=O) groups excluding carboxylic acids is 1. The van der Waals surface area contributed by atoms with Crippen molar-refractivity contribution in [2.75, 3.05) is 19.6 Å². The molecule has 0 unspecified atom stereocenters. The van der Waals surface area contributed by atoms with Crippen LogP contribution in [0.25, 0.3) is 0 Å². The Morgan fingerprint density at radius 2 is 2.26 bits per heavy atom. The third kappa shape index (κ3) is 5.61. The quantitative estimate of drug-likeness (QED) is 0.845. The van der Waals surface area contributed by atoms with E-state index in [1.54, 1.807) is 4.68 Å². The molecule has 0 atom stereocenters. The molecule has 2 heterocycles. The van der Waals surface area contributed by atoms with Crippen LogP contribution in [0.5, 0.6) is 0 Å². The number of piperidine rings is 1. The minimum absolute atomic E-state index is 0. The Hall–Kier alpha value is -1.07. The maximum Gasteiger partial charge on any atom is 0.220 e. The Bertz CT molecular complexity index is 388. The van der Waals surface area contributed by atoms with Gasteiger partial charge in [0.2, 0.25) is 5.91 Å². The first-order chi connectivity index (χ1) is 8.74. The number of hydrogen-bond acceptors (Lipinski definition) is 3. The van der Waals surface area contributed by atoms with Crippen molar-refractivity contribution in [3.63, 3.8) is 0 Å². The Morgan fingerprint density at radius 3 is 2.89 bits per heavy atom. The Morgan fingerprint density at radius 1 is 1.53 bits per heavy atom. The molecule has 108 valence electrons. The van der Waals surface area contributed by atoms with Gasteiger partial charge in [0.05, 0.1) is 6.20 Å². The van der Waals surface area contributed by atoms with E-state index in [0.29, 0.717) is 18.9 Å². The first-order valence-electron chi connectivity index (χ1n) is 6.69. The molecule has 0 aromatic carbocycles. The number of carbonyl (C=O) groups is 1. The monoisotopic (exact) mass is 286 g/mol. The van der Waals surface area contributed by atoms with Crippen molar-refractivity contribution in [1.29, 1.82) is 0 Å². The van der Waals surface area contributed by atoms with Crippen LogP contribution < -0.4 is 10.6 Å². The number of rotatable bonds is 5. The summed E-state index contributed by atoms with van der Waals surface area (Å²) in [4.78, 5) is 11.8. The Labute approximate surface area is 120 Å². The molecule has 5 nitrogen and oxygen atoms in total. The van der Waals surface area contributed by atoms with E-state index in [-0.39, 0.29) is 18.3 Å². The largest absolute Gasteiger partial charge is 0.356 e. The van der Waals surface area contributed by atoms with E-state index in [0.717, 1.165) is 32.4 Å². The van der Waals surface area contributed by atoms with Crippen LogP contribution in [0.1, 0.15) is 24.8 Å². The highest BCUT2D eigenvalue weighted by Gasteiger charge is 2.16. The maximum atomic E-state index is 11.8. The molecule has 6 heteroatoms. The van der Waals surface area contributed by atoms with Crippen LogP contribution in [0, 0.1) is 5.92 Å². The molecule has 0 aliphatic carbocycles. The predicted octanol–water partition coefficient (Wildman–Crippen LogP) is 0.890. The molecule has 0 spiro atoms. The zero-order valence-electron chi connectivity index (χ0n) is 11.4. The average Bonchev–Trinajstić information content (AvgIpc) is 2.76. The number of aryl methyl sites for hydroxylation is 1. The molecule has 1 fully saturated rings. The van der Waals surface area contributed by atoms with E-state index >= 15 is 0 Å². The third-order valence-corrected chi connectivity index (χ3v) is 3.43. The SMILES string of the molecule is Cl.Cn1cc(CCNC(=O)CC2CCNCC2)cn1. The molecule has 1 aliphatic rings. The standard InChI is InChI=1S/C13H22N4O.ClH/c1-17-10-12(9-16-17)4-7-15-13(18)8-11-2-5-14-6-3-11;/h9-11,14H,2-8H2,1H3,(H,15,18);1H. The second kappa shape index (κ2) is 8.17. The minimum Gasteiger partial charge on any atom is -0.356 e. The first-order valence-corrected chi connectivity index (χ1v) is 6.69. The molecule has 0 saturated carbocycles. The first kappa shape index (κ1) is 16.0. The molecule has 0 radical (unpaired) electrons. The average molecular weight is 287 g/mol. The lowest BCUT2D eigenvalue weighted by Crippen LogP contribution is -2.32. The van der Waals surface area contributed by atoms with Crippen LogP contribution in [-0.4, -0.2) is 35.3 Å². The van der Waals surface area contributed by atoms with Gasteiger partial charge in [-0.15, -0.1) is 12.4 Å². The van der Waals surface area contributed by atoms with Gasteiger partial charge in [-0.25, -0.2) is 0 Å². The van der Waals surface area contributed by atoms with Crippen molar-refractivity contribution in [3.05, 3.63) is 18.0 Å². The van der Waals surface area contributed by atoms with E-state index in [1.165, 1.54) is 5.56 Å². The summed E-state index contributed by atoms with van der Waals surface area (Å²) in [5.41, 5.74) is 1.17. The number of nitrogens with one attached hydrogen (secondary N) is 2. The predicted molar refractivity (Wildman–Crippen MR) is 77.4 cm³/mol. The maximum absolute atomic E-state index is 11.8. The van der Waals surface area contributed by atoms with Crippen LogP contribution in [0.4, 0.5) is 0 Å². The van der Waals surface area contributed by atoms with Gasteiger partial charge in [0, 0.05) is 26.2 Å². The fraction of sp³-hybridized carbons (Fsp3) is 0.692. The molecule has 1 amide bonds. The topological polar surface area (TPSA) is 59.0 Å². The van der Waals surface area contributed by atoms with E-state index in [1.807, 2.05) is 19.4 Å². The lowest BCUT2D eigenvalue weighted by Gasteiger charge is -2.21. The van der Waals surface area contributed by atoms with Crippen LogP contribution >= 0.6 is 12.4 Å². The minimum atomic E-state index is 0. The molecule has 0 bridgehead atoms. The summed E-state index contributed by atoms with van der Waals surface area (Å²) in [6.45, 7) is 2.80. The molecule has 1 saturated heterocycles. The lowest BCUT2D eigenvalue weighted by atomic mass is 9.94. The van der Waals surface area contributed by atoms with Gasteiger partial charge in [-0.2, -0.15) is 5.10 Å². The van der Waals surface area contributed by atoms with Gasteiger partial charge >= 0.3 is 0 Å². The fourth-order valence-corrected chi connectivity index (χ4v) is 2.37. The van der Waals surface area contributed by atoms with Gasteiger partial charge in [-0.05, 0) is 43.8 Å². The second-order valence-electron chi connectivity index (χ2n) is 5.02. The number of halogens is 1. The summed E-state index contributed by atoms with van der Waals surface area (Å²) in [5, 5.41) is 10.4. The van der Waals surface area contributed by atoms with Crippen LogP contribution in [0.3, 0.4) is 0 Å². The van der Waals surface area contributed by atoms with Gasteiger partial charge in [-0.3, -0.25) is 9.48 Å². The summed E-state index contributed by atoms with van der Waals surface area (Å²) in [6, 6.07) is 0. The van der Waals surface area contributed by atoms with E-state index < -0.39 is 0 Å². The van der Waals surface area contributed by atoms with E-state index in [2.05, 4.69) is 15.7 Å². The normalized spacial score (nSPS) is 15.8. The summed E-state index contributed by atoms with van der Waals surface area (Å²) in [7, 11) is 1.90. The molecule has 1 aliphatic heterocycles. The number of hydrogen-bond donors (Lipinski definition) is 2. The van der Waals surface area contributed by atoms with Crippen LogP contribution in [0.15, 0.2) is 12.4 Å². The van der Waals surface area contributed by atoms with Gasteiger partial charge < -0.3 is 10.6 Å². The second-order valence-corrected chi connectivity index (χ2v) is 5.02. The highest BCUT2D eigenvalue weighted by Crippen LogP contribution is 2.15. The number of aromatic nitrogens is 2. The van der Waals surface area contributed by atoms with Crippen LogP contribution in [0.2, 0.25) is 0 Å². The molecule has 2 rings (SSSR count). The Kier molecular flexibility index (Phi) is 6.87. The molecule has 1 aromatic rings. The van der Waals surface area contributed by atoms with Crippen molar-refractivity contribution in [2.24, 2.45) is 13.0 Å². The van der Waals surface area contributed by atoms with Crippen molar-refractivity contribution in [1.82, 2.24) is 20.4 Å². The summed E-state index contributed by atoms with van der Waals surface area (Å²) in [6.07, 6.45) is 7.60. The fourth-order valence-electron chi connectivity index (χ4n) is 2.37. The van der Waals surface area contributed by atoms with Gasteiger partial charge in [0.25, 0.3) is 0 Å². The number of amides is 1. The molecular formula is C13H23ClN4O. The smallest absolute Gasteiger partial charge is 0.220 e. The highest BCUT2D eigenvalue weighted by atomic mass is 35.5. The van der Waals surface area contributed by atoms with Gasteiger partial charge in [0.15, 0.2) is 0 Å². The van der Waals surface area contributed by atoms with Gasteiger partial charge in [0.1, 0.15) is 0 Å². The third-order valence-electron chi connectivity index (χ3n) is 3.43. The van der Waals surface area contributed by atoms with Crippen molar-refractivity contribution >= 4 is 18.3 Å². The molecule has 19 heavy (non-hydrogen) atoms. The summed E-state index contributed by atoms with van der Waals surface area (Å²) in [5.74, 6) is 0.746. The summed E-state index contributed by atoms with van der Waals surface area (Å²) < 4.78 is 1.78. The van der Waals surface area contributed by atoms with E-state index in [4.69, 9.17) is 0 Å². The van der Waals surface area contributed by atoms with E-state index in [9.17, 15) is 4.79 Å². The number of nitrogens with zero attached hydrogens (tertiary/aromatic N) is 2. The Balaban J connectivity index is 0.00000180. The molecule has 1 aromatic heterocycles. The lowest BCUT2D eigenvalue weighted by molar-refractivity contribution is -0.122. The van der Waals surface area contributed by atoms with Gasteiger partial charge in [-0.1, -0.05) is 0 Å². The summed E-state index contributed by atoms with van der Waals surface area (Å²) >= 11 is 0.